The zero-order valence-corrected chi connectivity index (χ0v) is 9.66. The summed E-state index contributed by atoms with van der Waals surface area (Å²) in [5.74, 6) is 0. The number of hydrogen-bond donors (Lipinski definition) is 2. The molecule has 2 heteroatoms. The molecular weight excluding hydrogens is 176 g/mol. The van der Waals surface area contributed by atoms with E-state index in [0.29, 0.717) is 12.8 Å². The molecule has 0 aromatic heterocycles. The second-order valence-corrected chi connectivity index (χ2v) is 3.88. The van der Waals surface area contributed by atoms with Crippen LogP contribution in [0.5, 0.6) is 0 Å². The van der Waals surface area contributed by atoms with Gasteiger partial charge in [0.2, 0.25) is 0 Å². The average Bonchev–Trinajstić information content (AvgIpc) is 2.15. The van der Waals surface area contributed by atoms with Crippen molar-refractivity contribution >= 4 is 0 Å². The van der Waals surface area contributed by atoms with Crippen LogP contribution < -0.4 is 0 Å². The second kappa shape index (κ2) is 7.02. The third-order valence-electron chi connectivity index (χ3n) is 2.47. The molecule has 1 atom stereocenters. The van der Waals surface area contributed by atoms with Crippen molar-refractivity contribution in [3.8, 4) is 0 Å². The van der Waals surface area contributed by atoms with Gasteiger partial charge in [0.15, 0.2) is 0 Å². The van der Waals surface area contributed by atoms with E-state index in [2.05, 4.69) is 0 Å². The monoisotopic (exact) mass is 200 g/mol. The molecule has 0 aliphatic heterocycles. The van der Waals surface area contributed by atoms with Crippen LogP contribution in [0, 0.1) is 0 Å². The summed E-state index contributed by atoms with van der Waals surface area (Å²) in [6.07, 6.45) is 6.91. The van der Waals surface area contributed by atoms with Crippen molar-refractivity contribution in [2.24, 2.45) is 0 Å². The van der Waals surface area contributed by atoms with E-state index in [0.717, 1.165) is 19.3 Å². The molecule has 0 amide bonds. The third kappa shape index (κ3) is 4.25. The lowest BCUT2D eigenvalue weighted by atomic mass is 9.86. The highest BCUT2D eigenvalue weighted by Gasteiger charge is 2.31. The quantitative estimate of drug-likeness (QED) is 0.620. The molecule has 0 aliphatic rings. The smallest absolute Gasteiger partial charge is 0.101 e. The number of hydrogen-bond acceptors (Lipinski definition) is 2. The maximum Gasteiger partial charge on any atom is 0.101 e. The van der Waals surface area contributed by atoms with Crippen molar-refractivity contribution < 1.29 is 10.2 Å². The maximum atomic E-state index is 10.2. The average molecular weight is 200 g/mol. The van der Waals surface area contributed by atoms with E-state index in [1.807, 2.05) is 26.8 Å². The highest BCUT2D eigenvalue weighted by atomic mass is 16.3. The van der Waals surface area contributed by atoms with Gasteiger partial charge in [-0.2, -0.15) is 0 Å². The Balaban J connectivity index is 4.37. The van der Waals surface area contributed by atoms with Crippen molar-refractivity contribution in [3.05, 3.63) is 12.2 Å². The van der Waals surface area contributed by atoms with Crippen LogP contribution in [-0.4, -0.2) is 21.9 Å². The van der Waals surface area contributed by atoms with Crippen LogP contribution in [0.25, 0.3) is 0 Å². The standard InChI is InChI=1S/C12H24O2/c1-4-7-8-11(13)12(14,9-5-2)10-6-3/h7-8,11,13-14H,4-6,9-10H2,1-3H3/b8-7+. The molecule has 0 saturated heterocycles. The van der Waals surface area contributed by atoms with E-state index >= 15 is 0 Å². The molecule has 0 aromatic rings. The van der Waals surface area contributed by atoms with Crippen LogP contribution in [0.15, 0.2) is 12.2 Å². The van der Waals surface area contributed by atoms with Crippen molar-refractivity contribution in [2.45, 2.75) is 64.6 Å². The van der Waals surface area contributed by atoms with Gasteiger partial charge in [-0.25, -0.2) is 0 Å². The van der Waals surface area contributed by atoms with Gasteiger partial charge in [-0.3, -0.25) is 0 Å². The van der Waals surface area contributed by atoms with E-state index in [1.165, 1.54) is 0 Å². The fourth-order valence-corrected chi connectivity index (χ4v) is 1.73. The van der Waals surface area contributed by atoms with E-state index in [-0.39, 0.29) is 0 Å². The molecule has 0 aromatic carbocycles. The fraction of sp³-hybridized carbons (Fsp3) is 0.833. The topological polar surface area (TPSA) is 40.5 Å². The number of allylic oxidation sites excluding steroid dienone is 1. The van der Waals surface area contributed by atoms with Crippen LogP contribution in [0.4, 0.5) is 0 Å². The molecule has 2 nitrogen and oxygen atoms in total. The lowest BCUT2D eigenvalue weighted by Crippen LogP contribution is -2.40. The molecule has 84 valence electrons. The van der Waals surface area contributed by atoms with Crippen molar-refractivity contribution in [1.29, 1.82) is 0 Å². The normalized spacial score (nSPS) is 14.9. The number of rotatable bonds is 7. The minimum Gasteiger partial charge on any atom is -0.387 e. The van der Waals surface area contributed by atoms with Gasteiger partial charge in [0.25, 0.3) is 0 Å². The van der Waals surface area contributed by atoms with E-state index in [4.69, 9.17) is 0 Å². The SMILES string of the molecule is CC/C=C/C(O)C(O)(CCC)CCC. The highest BCUT2D eigenvalue weighted by molar-refractivity contribution is 4.99. The van der Waals surface area contributed by atoms with Crippen LogP contribution in [0.2, 0.25) is 0 Å². The molecule has 0 rings (SSSR count). The Kier molecular flexibility index (Phi) is 6.85. The van der Waals surface area contributed by atoms with Gasteiger partial charge in [0, 0.05) is 0 Å². The molecule has 14 heavy (non-hydrogen) atoms. The number of aliphatic hydroxyl groups excluding tert-OH is 1. The maximum absolute atomic E-state index is 10.2. The van der Waals surface area contributed by atoms with Gasteiger partial charge >= 0.3 is 0 Å². The molecule has 0 spiro atoms. The second-order valence-electron chi connectivity index (χ2n) is 3.88. The van der Waals surface area contributed by atoms with Crippen molar-refractivity contribution in [2.75, 3.05) is 0 Å². The Morgan fingerprint density at radius 2 is 1.64 bits per heavy atom. The first-order valence-corrected chi connectivity index (χ1v) is 5.67. The van der Waals surface area contributed by atoms with Gasteiger partial charge in [0.1, 0.15) is 6.10 Å². The van der Waals surface area contributed by atoms with Crippen LogP contribution in [0.1, 0.15) is 52.9 Å². The summed E-state index contributed by atoms with van der Waals surface area (Å²) in [4.78, 5) is 0. The van der Waals surface area contributed by atoms with E-state index in [9.17, 15) is 10.2 Å². The van der Waals surface area contributed by atoms with Crippen LogP contribution >= 0.6 is 0 Å². The molecule has 0 heterocycles. The molecule has 0 saturated carbocycles. The zero-order valence-electron chi connectivity index (χ0n) is 9.66. The number of aliphatic hydroxyl groups is 2. The Labute approximate surface area is 87.7 Å². The predicted molar refractivity (Wildman–Crippen MR) is 60.2 cm³/mol. The van der Waals surface area contributed by atoms with Crippen LogP contribution in [-0.2, 0) is 0 Å². The summed E-state index contributed by atoms with van der Waals surface area (Å²) in [5.41, 5.74) is -0.921. The fourth-order valence-electron chi connectivity index (χ4n) is 1.73. The highest BCUT2D eigenvalue weighted by Crippen LogP contribution is 2.24. The van der Waals surface area contributed by atoms with Crippen molar-refractivity contribution in [3.63, 3.8) is 0 Å². The lowest BCUT2D eigenvalue weighted by Gasteiger charge is -2.31. The van der Waals surface area contributed by atoms with Gasteiger partial charge in [-0.15, -0.1) is 0 Å². The molecule has 0 fully saturated rings. The van der Waals surface area contributed by atoms with Gasteiger partial charge < -0.3 is 10.2 Å². The summed E-state index contributed by atoms with van der Waals surface area (Å²) < 4.78 is 0. The first-order valence-electron chi connectivity index (χ1n) is 5.67. The van der Waals surface area contributed by atoms with Crippen LogP contribution in [0.3, 0.4) is 0 Å². The van der Waals surface area contributed by atoms with Gasteiger partial charge in [0.05, 0.1) is 5.60 Å². The van der Waals surface area contributed by atoms with Crippen molar-refractivity contribution in [1.82, 2.24) is 0 Å². The predicted octanol–water partition coefficient (Wildman–Crippen LogP) is 2.64. The Hall–Kier alpha value is -0.340. The third-order valence-corrected chi connectivity index (χ3v) is 2.47. The molecule has 0 radical (unpaired) electrons. The molecule has 0 aliphatic carbocycles. The summed E-state index contributed by atoms with van der Waals surface area (Å²) >= 11 is 0. The summed E-state index contributed by atoms with van der Waals surface area (Å²) in [7, 11) is 0. The summed E-state index contributed by atoms with van der Waals surface area (Å²) in [6.45, 7) is 6.07. The first kappa shape index (κ1) is 13.7. The zero-order chi connectivity index (χ0) is 11.0. The Morgan fingerprint density at radius 3 is 2.00 bits per heavy atom. The lowest BCUT2D eigenvalue weighted by molar-refractivity contribution is -0.0648. The minimum absolute atomic E-state index is 0.663. The molecule has 2 N–H and O–H groups in total. The van der Waals surface area contributed by atoms with Gasteiger partial charge in [-0.05, 0) is 19.3 Å². The summed E-state index contributed by atoms with van der Waals surface area (Å²) in [5, 5.41) is 20.0. The summed E-state index contributed by atoms with van der Waals surface area (Å²) in [6, 6.07) is 0. The minimum atomic E-state index is -0.921. The largest absolute Gasteiger partial charge is 0.387 e. The van der Waals surface area contributed by atoms with E-state index in [1.54, 1.807) is 6.08 Å². The van der Waals surface area contributed by atoms with E-state index < -0.39 is 11.7 Å². The van der Waals surface area contributed by atoms with Gasteiger partial charge in [-0.1, -0.05) is 45.8 Å². The molecule has 1 unspecified atom stereocenters. The Morgan fingerprint density at radius 1 is 1.14 bits per heavy atom. The Bertz CT molecular complexity index is 158. The molecular formula is C12H24O2. The molecule has 0 bridgehead atoms. The first-order chi connectivity index (χ1) is 6.60.